The molecule has 0 heterocycles. The van der Waals surface area contributed by atoms with E-state index in [0.717, 1.165) is 16.7 Å². The molecule has 1 N–H and O–H groups in total. The Morgan fingerprint density at radius 1 is 1.06 bits per heavy atom. The van der Waals surface area contributed by atoms with Crippen molar-refractivity contribution in [1.82, 2.24) is 0 Å². The second-order valence-electron chi connectivity index (χ2n) is 3.79. The van der Waals surface area contributed by atoms with E-state index in [1.54, 1.807) is 12.1 Å². The van der Waals surface area contributed by atoms with E-state index in [-0.39, 0.29) is 12.4 Å². The third-order valence-electron chi connectivity index (χ3n) is 2.64. The molecule has 2 heteroatoms. The van der Waals surface area contributed by atoms with Crippen LogP contribution in [0.2, 0.25) is 0 Å². The lowest BCUT2D eigenvalue weighted by atomic mass is 9.98. The van der Waals surface area contributed by atoms with Crippen LogP contribution in [0.5, 0.6) is 0 Å². The van der Waals surface area contributed by atoms with Gasteiger partial charge in [0.2, 0.25) is 0 Å². The zero-order valence-corrected chi connectivity index (χ0v) is 9.07. The first-order chi connectivity index (χ1) is 7.72. The van der Waals surface area contributed by atoms with E-state index in [1.807, 2.05) is 31.2 Å². The number of aryl methyl sites for hydroxylation is 1. The van der Waals surface area contributed by atoms with Crippen LogP contribution in [0.4, 0.5) is 4.39 Å². The monoisotopic (exact) mass is 216 g/mol. The summed E-state index contributed by atoms with van der Waals surface area (Å²) in [4.78, 5) is 0. The molecule has 0 saturated carbocycles. The van der Waals surface area contributed by atoms with Crippen LogP contribution >= 0.6 is 0 Å². The molecule has 16 heavy (non-hydrogen) atoms. The van der Waals surface area contributed by atoms with Crippen LogP contribution in [0, 0.1) is 12.7 Å². The molecule has 0 atom stereocenters. The predicted octanol–water partition coefficient (Wildman–Crippen LogP) is 3.29. The molecule has 1 nitrogen and oxygen atoms in total. The summed E-state index contributed by atoms with van der Waals surface area (Å²) in [7, 11) is 0. The highest BCUT2D eigenvalue weighted by molar-refractivity contribution is 5.68. The van der Waals surface area contributed by atoms with Gasteiger partial charge in [-0.3, -0.25) is 0 Å². The fourth-order valence-corrected chi connectivity index (χ4v) is 1.81. The molecule has 2 rings (SSSR count). The Balaban J connectivity index is 2.53. The molecule has 0 bridgehead atoms. The van der Waals surface area contributed by atoms with Crippen molar-refractivity contribution in [2.45, 2.75) is 13.5 Å². The molecule has 0 aliphatic heterocycles. The van der Waals surface area contributed by atoms with E-state index in [0.29, 0.717) is 5.56 Å². The topological polar surface area (TPSA) is 20.2 Å². The van der Waals surface area contributed by atoms with Crippen LogP contribution in [-0.2, 0) is 6.61 Å². The molecule has 0 aliphatic rings. The van der Waals surface area contributed by atoms with Crippen molar-refractivity contribution < 1.29 is 9.50 Å². The molecular weight excluding hydrogens is 203 g/mol. The number of rotatable bonds is 2. The van der Waals surface area contributed by atoms with Gasteiger partial charge in [0.15, 0.2) is 0 Å². The number of aliphatic hydroxyl groups is 1. The second-order valence-corrected chi connectivity index (χ2v) is 3.79. The van der Waals surface area contributed by atoms with E-state index in [4.69, 9.17) is 5.11 Å². The van der Waals surface area contributed by atoms with Crippen molar-refractivity contribution in [3.8, 4) is 11.1 Å². The summed E-state index contributed by atoms with van der Waals surface area (Å²) in [6, 6.07) is 12.2. The van der Waals surface area contributed by atoms with Gasteiger partial charge in [-0.2, -0.15) is 0 Å². The Hall–Kier alpha value is -1.67. The van der Waals surface area contributed by atoms with Crippen LogP contribution in [0.15, 0.2) is 42.5 Å². The van der Waals surface area contributed by atoms with E-state index in [1.165, 1.54) is 6.07 Å². The summed E-state index contributed by atoms with van der Waals surface area (Å²) in [5.74, 6) is -0.220. The predicted molar refractivity (Wildman–Crippen MR) is 62.5 cm³/mol. The Labute approximate surface area is 94.2 Å². The summed E-state index contributed by atoms with van der Waals surface area (Å²) in [6.07, 6.45) is 0. The Kier molecular flexibility index (Phi) is 3.02. The van der Waals surface area contributed by atoms with Gasteiger partial charge in [-0.1, -0.05) is 36.4 Å². The standard InChI is InChI=1S/C14H13FO/c1-10-8-11(9-16)6-7-12(10)13-4-2-3-5-14(13)15/h2-8,16H,9H2,1H3. The Bertz CT molecular complexity index is 506. The minimum atomic E-state index is -0.220. The first kappa shape index (κ1) is 10.8. The fourth-order valence-electron chi connectivity index (χ4n) is 1.81. The van der Waals surface area contributed by atoms with Gasteiger partial charge in [0.05, 0.1) is 6.61 Å². The van der Waals surface area contributed by atoms with Crippen LogP contribution in [0.3, 0.4) is 0 Å². The molecule has 2 aromatic carbocycles. The highest BCUT2D eigenvalue weighted by Crippen LogP contribution is 2.26. The van der Waals surface area contributed by atoms with Gasteiger partial charge < -0.3 is 5.11 Å². The Morgan fingerprint density at radius 2 is 1.81 bits per heavy atom. The molecule has 0 amide bonds. The molecule has 0 saturated heterocycles. The molecule has 0 spiro atoms. The summed E-state index contributed by atoms with van der Waals surface area (Å²) in [6.45, 7) is 1.93. The minimum Gasteiger partial charge on any atom is -0.392 e. The number of hydrogen-bond donors (Lipinski definition) is 1. The normalized spacial score (nSPS) is 10.4. The maximum atomic E-state index is 13.6. The molecule has 2 aromatic rings. The van der Waals surface area contributed by atoms with E-state index in [9.17, 15) is 4.39 Å². The van der Waals surface area contributed by atoms with Crippen molar-refractivity contribution in [1.29, 1.82) is 0 Å². The number of aliphatic hydroxyl groups excluding tert-OH is 1. The molecule has 0 radical (unpaired) electrons. The fraction of sp³-hybridized carbons (Fsp3) is 0.143. The first-order valence-electron chi connectivity index (χ1n) is 5.17. The SMILES string of the molecule is Cc1cc(CO)ccc1-c1ccccc1F. The van der Waals surface area contributed by atoms with E-state index < -0.39 is 0 Å². The maximum Gasteiger partial charge on any atom is 0.131 e. The molecule has 0 fully saturated rings. The van der Waals surface area contributed by atoms with Gasteiger partial charge in [0, 0.05) is 5.56 Å². The first-order valence-corrected chi connectivity index (χ1v) is 5.17. The minimum absolute atomic E-state index is 0.0123. The average Bonchev–Trinajstić information content (AvgIpc) is 2.30. The average molecular weight is 216 g/mol. The van der Waals surface area contributed by atoms with Crippen molar-refractivity contribution in [2.24, 2.45) is 0 Å². The van der Waals surface area contributed by atoms with Crippen molar-refractivity contribution in [3.63, 3.8) is 0 Å². The highest BCUT2D eigenvalue weighted by atomic mass is 19.1. The van der Waals surface area contributed by atoms with Crippen molar-refractivity contribution >= 4 is 0 Å². The highest BCUT2D eigenvalue weighted by Gasteiger charge is 2.06. The lowest BCUT2D eigenvalue weighted by Crippen LogP contribution is -1.90. The molecule has 82 valence electrons. The molecule has 0 aliphatic carbocycles. The van der Waals surface area contributed by atoms with Crippen LogP contribution < -0.4 is 0 Å². The summed E-state index contributed by atoms with van der Waals surface area (Å²) >= 11 is 0. The lowest BCUT2D eigenvalue weighted by Gasteiger charge is -2.08. The van der Waals surface area contributed by atoms with Gasteiger partial charge in [0.25, 0.3) is 0 Å². The lowest BCUT2D eigenvalue weighted by molar-refractivity contribution is 0.282. The van der Waals surface area contributed by atoms with Gasteiger partial charge in [-0.25, -0.2) is 4.39 Å². The smallest absolute Gasteiger partial charge is 0.131 e. The van der Waals surface area contributed by atoms with Gasteiger partial charge >= 0.3 is 0 Å². The zero-order valence-electron chi connectivity index (χ0n) is 9.07. The summed E-state index contributed by atoms with van der Waals surface area (Å²) < 4.78 is 13.6. The molecule has 0 unspecified atom stereocenters. The summed E-state index contributed by atoms with van der Waals surface area (Å²) in [5, 5.41) is 9.00. The Morgan fingerprint density at radius 3 is 2.44 bits per heavy atom. The second kappa shape index (κ2) is 4.45. The van der Waals surface area contributed by atoms with Gasteiger partial charge in [-0.15, -0.1) is 0 Å². The van der Waals surface area contributed by atoms with E-state index >= 15 is 0 Å². The maximum absolute atomic E-state index is 13.6. The zero-order chi connectivity index (χ0) is 11.5. The molecule has 0 aromatic heterocycles. The van der Waals surface area contributed by atoms with Gasteiger partial charge in [-0.05, 0) is 29.7 Å². The largest absolute Gasteiger partial charge is 0.392 e. The van der Waals surface area contributed by atoms with Crippen molar-refractivity contribution in [3.05, 3.63) is 59.4 Å². The van der Waals surface area contributed by atoms with Crippen LogP contribution in [0.1, 0.15) is 11.1 Å². The van der Waals surface area contributed by atoms with E-state index in [2.05, 4.69) is 0 Å². The quantitative estimate of drug-likeness (QED) is 0.816. The van der Waals surface area contributed by atoms with Crippen molar-refractivity contribution in [2.75, 3.05) is 0 Å². The molecular formula is C14H13FO. The third-order valence-corrected chi connectivity index (χ3v) is 2.64. The third kappa shape index (κ3) is 1.97. The number of benzene rings is 2. The van der Waals surface area contributed by atoms with Gasteiger partial charge in [0.1, 0.15) is 5.82 Å². The number of halogens is 1. The summed E-state index contributed by atoms with van der Waals surface area (Å²) in [5.41, 5.74) is 3.29. The number of hydrogen-bond acceptors (Lipinski definition) is 1. The van der Waals surface area contributed by atoms with Crippen LogP contribution in [-0.4, -0.2) is 5.11 Å². The van der Waals surface area contributed by atoms with Crippen LogP contribution in [0.25, 0.3) is 11.1 Å².